The van der Waals surface area contributed by atoms with E-state index in [1.165, 1.54) is 6.92 Å². The molecule has 1 saturated heterocycles. The highest BCUT2D eigenvalue weighted by molar-refractivity contribution is 5.78. The van der Waals surface area contributed by atoms with Gasteiger partial charge < -0.3 is 14.7 Å². The highest BCUT2D eigenvalue weighted by atomic mass is 16.2. The summed E-state index contributed by atoms with van der Waals surface area (Å²) in [5, 5.41) is 0. The maximum Gasteiger partial charge on any atom is 0.224 e. The number of rotatable bonds is 5. The van der Waals surface area contributed by atoms with Crippen LogP contribution in [0.5, 0.6) is 0 Å². The Bertz CT molecular complexity index is 309. The molecular weight excluding hydrogens is 230 g/mol. The molecule has 1 aliphatic heterocycles. The lowest BCUT2D eigenvalue weighted by atomic mass is 10.2. The Labute approximate surface area is 109 Å². The van der Waals surface area contributed by atoms with E-state index in [0.717, 1.165) is 26.2 Å². The molecule has 0 radical (unpaired) electrons. The molecule has 0 N–H and O–H groups in total. The molecule has 0 unspecified atom stereocenters. The predicted molar refractivity (Wildman–Crippen MR) is 71.1 cm³/mol. The van der Waals surface area contributed by atoms with Crippen molar-refractivity contribution in [2.75, 3.05) is 46.3 Å². The van der Waals surface area contributed by atoms with Crippen molar-refractivity contribution in [2.24, 2.45) is 0 Å². The lowest BCUT2D eigenvalue weighted by molar-refractivity contribution is -0.134. The maximum atomic E-state index is 12.0. The van der Waals surface area contributed by atoms with Crippen LogP contribution in [-0.4, -0.2) is 72.8 Å². The van der Waals surface area contributed by atoms with E-state index in [9.17, 15) is 9.59 Å². The Morgan fingerprint density at radius 2 is 1.89 bits per heavy atom. The van der Waals surface area contributed by atoms with Crippen LogP contribution < -0.4 is 0 Å². The molecule has 0 bridgehead atoms. The van der Waals surface area contributed by atoms with E-state index in [4.69, 9.17) is 0 Å². The Kier molecular flexibility index (Phi) is 5.85. The van der Waals surface area contributed by atoms with Gasteiger partial charge in [0.25, 0.3) is 0 Å². The van der Waals surface area contributed by atoms with E-state index >= 15 is 0 Å². The van der Waals surface area contributed by atoms with Crippen molar-refractivity contribution in [1.82, 2.24) is 14.7 Å². The molecule has 102 valence electrons. The Morgan fingerprint density at radius 1 is 1.28 bits per heavy atom. The number of hydrogen-bond acceptors (Lipinski definition) is 3. The van der Waals surface area contributed by atoms with Gasteiger partial charge in [-0.3, -0.25) is 9.59 Å². The molecule has 18 heavy (non-hydrogen) atoms. The first kappa shape index (κ1) is 14.7. The molecule has 0 aliphatic carbocycles. The fourth-order valence-corrected chi connectivity index (χ4v) is 1.98. The molecule has 5 heteroatoms. The summed E-state index contributed by atoms with van der Waals surface area (Å²) in [5.74, 6) is 0.125. The topological polar surface area (TPSA) is 43.9 Å². The highest BCUT2D eigenvalue weighted by Crippen LogP contribution is 2.03. The number of nitrogens with zero attached hydrogens (tertiary/aromatic N) is 3. The third kappa shape index (κ3) is 4.49. The second-order valence-corrected chi connectivity index (χ2v) is 4.69. The number of piperazine rings is 1. The summed E-state index contributed by atoms with van der Waals surface area (Å²) in [6, 6.07) is 0. The molecule has 1 fully saturated rings. The number of likely N-dealkylation sites (N-methyl/N-ethyl adjacent to an activating group) is 1. The van der Waals surface area contributed by atoms with Crippen LogP contribution in [-0.2, 0) is 9.59 Å². The number of hydrogen-bond donors (Lipinski definition) is 0. The minimum atomic E-state index is -0.0129. The van der Waals surface area contributed by atoms with Gasteiger partial charge >= 0.3 is 0 Å². The van der Waals surface area contributed by atoms with Crippen molar-refractivity contribution in [3.05, 3.63) is 12.7 Å². The molecule has 5 nitrogen and oxygen atoms in total. The monoisotopic (exact) mass is 253 g/mol. The average molecular weight is 253 g/mol. The Balaban J connectivity index is 2.35. The quantitative estimate of drug-likeness (QED) is 0.657. The summed E-state index contributed by atoms with van der Waals surface area (Å²) in [5.41, 5.74) is 0. The SMILES string of the molecule is C=CCN(CCC(=O)N1CCN(C)CC1)C(C)=O. The smallest absolute Gasteiger partial charge is 0.224 e. The summed E-state index contributed by atoms with van der Waals surface area (Å²) in [6.45, 7) is 9.54. The molecule has 0 saturated carbocycles. The van der Waals surface area contributed by atoms with Crippen LogP contribution in [0.4, 0.5) is 0 Å². The van der Waals surface area contributed by atoms with E-state index in [-0.39, 0.29) is 11.8 Å². The Morgan fingerprint density at radius 3 is 2.39 bits per heavy atom. The minimum absolute atomic E-state index is 0.0129. The summed E-state index contributed by atoms with van der Waals surface area (Å²) >= 11 is 0. The van der Waals surface area contributed by atoms with Gasteiger partial charge in [0, 0.05) is 52.6 Å². The first-order valence-electron chi connectivity index (χ1n) is 6.37. The summed E-state index contributed by atoms with van der Waals surface area (Å²) in [4.78, 5) is 29.0. The van der Waals surface area contributed by atoms with E-state index in [2.05, 4.69) is 18.5 Å². The first-order chi connectivity index (χ1) is 8.54. The first-order valence-corrected chi connectivity index (χ1v) is 6.37. The van der Waals surface area contributed by atoms with Crippen LogP contribution in [0.1, 0.15) is 13.3 Å². The van der Waals surface area contributed by atoms with E-state index in [1.807, 2.05) is 4.90 Å². The predicted octanol–water partition coefficient (Wildman–Crippen LogP) is 0.185. The minimum Gasteiger partial charge on any atom is -0.340 e. The maximum absolute atomic E-state index is 12.0. The zero-order valence-electron chi connectivity index (χ0n) is 11.4. The normalized spacial score (nSPS) is 16.4. The second-order valence-electron chi connectivity index (χ2n) is 4.69. The van der Waals surface area contributed by atoms with Crippen molar-refractivity contribution in [1.29, 1.82) is 0 Å². The summed E-state index contributed by atoms with van der Waals surface area (Å²) in [6.07, 6.45) is 2.08. The lowest BCUT2D eigenvalue weighted by Crippen LogP contribution is -2.47. The molecule has 1 heterocycles. The van der Waals surface area contributed by atoms with Crippen LogP contribution in [0.3, 0.4) is 0 Å². The third-order valence-electron chi connectivity index (χ3n) is 3.25. The molecule has 0 aromatic carbocycles. The van der Waals surface area contributed by atoms with Crippen molar-refractivity contribution in [3.8, 4) is 0 Å². The average Bonchev–Trinajstić information content (AvgIpc) is 2.34. The Hall–Kier alpha value is -1.36. The lowest BCUT2D eigenvalue weighted by Gasteiger charge is -2.33. The molecule has 0 spiro atoms. The van der Waals surface area contributed by atoms with Crippen LogP contribution in [0.25, 0.3) is 0 Å². The largest absolute Gasteiger partial charge is 0.340 e. The van der Waals surface area contributed by atoms with Crippen LogP contribution >= 0.6 is 0 Å². The zero-order chi connectivity index (χ0) is 13.5. The standard InChI is InChI=1S/C13H23N3O2/c1-4-6-15(12(2)17)7-5-13(18)16-10-8-14(3)9-11-16/h4H,1,5-11H2,2-3H3. The van der Waals surface area contributed by atoms with Gasteiger partial charge in [-0.25, -0.2) is 0 Å². The van der Waals surface area contributed by atoms with Gasteiger partial charge in [-0.2, -0.15) is 0 Å². The van der Waals surface area contributed by atoms with E-state index < -0.39 is 0 Å². The number of amides is 2. The van der Waals surface area contributed by atoms with Gasteiger partial charge in [0.05, 0.1) is 0 Å². The molecule has 2 amide bonds. The second kappa shape index (κ2) is 7.16. The molecule has 1 rings (SSSR count). The zero-order valence-corrected chi connectivity index (χ0v) is 11.4. The van der Waals surface area contributed by atoms with E-state index in [1.54, 1.807) is 11.0 Å². The van der Waals surface area contributed by atoms with Crippen molar-refractivity contribution >= 4 is 11.8 Å². The highest BCUT2D eigenvalue weighted by Gasteiger charge is 2.19. The van der Waals surface area contributed by atoms with Gasteiger partial charge in [-0.15, -0.1) is 6.58 Å². The number of carbonyl (C=O) groups is 2. The molecule has 0 atom stereocenters. The third-order valence-corrected chi connectivity index (χ3v) is 3.25. The van der Waals surface area contributed by atoms with Crippen LogP contribution in [0.15, 0.2) is 12.7 Å². The van der Waals surface area contributed by atoms with Gasteiger partial charge in [-0.05, 0) is 7.05 Å². The molecule has 0 aromatic heterocycles. The van der Waals surface area contributed by atoms with Gasteiger partial charge in [0.2, 0.25) is 11.8 Å². The molecular formula is C13H23N3O2. The fraction of sp³-hybridized carbons (Fsp3) is 0.692. The van der Waals surface area contributed by atoms with Crippen molar-refractivity contribution in [2.45, 2.75) is 13.3 Å². The fourth-order valence-electron chi connectivity index (χ4n) is 1.98. The van der Waals surface area contributed by atoms with Crippen LogP contribution in [0, 0.1) is 0 Å². The van der Waals surface area contributed by atoms with Gasteiger partial charge in [-0.1, -0.05) is 6.08 Å². The van der Waals surface area contributed by atoms with Gasteiger partial charge in [0.15, 0.2) is 0 Å². The van der Waals surface area contributed by atoms with E-state index in [0.29, 0.717) is 19.5 Å². The van der Waals surface area contributed by atoms with Crippen molar-refractivity contribution in [3.63, 3.8) is 0 Å². The summed E-state index contributed by atoms with van der Waals surface area (Å²) in [7, 11) is 2.06. The molecule has 0 aromatic rings. The van der Waals surface area contributed by atoms with Gasteiger partial charge in [0.1, 0.15) is 0 Å². The van der Waals surface area contributed by atoms with Crippen molar-refractivity contribution < 1.29 is 9.59 Å². The number of carbonyl (C=O) groups excluding carboxylic acids is 2. The summed E-state index contributed by atoms with van der Waals surface area (Å²) < 4.78 is 0. The van der Waals surface area contributed by atoms with Crippen LogP contribution in [0.2, 0.25) is 0 Å². The molecule has 1 aliphatic rings.